The van der Waals surface area contributed by atoms with Gasteiger partial charge in [-0.2, -0.15) is 4.31 Å². The first-order chi connectivity index (χ1) is 14.4. The van der Waals surface area contributed by atoms with E-state index in [0.29, 0.717) is 35.4 Å². The Kier molecular flexibility index (Phi) is 5.25. The smallest absolute Gasteiger partial charge is 0.247 e. The van der Waals surface area contributed by atoms with E-state index in [2.05, 4.69) is 0 Å². The molecule has 2 heterocycles. The lowest BCUT2D eigenvalue weighted by atomic mass is 10.0. The van der Waals surface area contributed by atoms with Gasteiger partial charge in [-0.1, -0.05) is 0 Å². The molecule has 0 amide bonds. The van der Waals surface area contributed by atoms with Crippen molar-refractivity contribution in [2.75, 3.05) is 20.8 Å². The van der Waals surface area contributed by atoms with E-state index in [9.17, 15) is 17.2 Å². The first-order valence-electron chi connectivity index (χ1n) is 9.20. The molecule has 0 aliphatic carbocycles. The zero-order valence-electron chi connectivity index (χ0n) is 16.4. The molecule has 6 nitrogen and oxygen atoms in total. The van der Waals surface area contributed by atoms with Gasteiger partial charge < -0.3 is 14.0 Å². The van der Waals surface area contributed by atoms with E-state index in [0.717, 1.165) is 12.1 Å². The molecule has 0 bridgehead atoms. The molecule has 1 unspecified atom stereocenters. The molecular formula is C21H20F2N2O4S. The summed E-state index contributed by atoms with van der Waals surface area (Å²) in [4.78, 5) is -0.694. The van der Waals surface area contributed by atoms with Crippen LogP contribution in [-0.4, -0.2) is 38.1 Å². The highest BCUT2D eigenvalue weighted by atomic mass is 32.2. The number of rotatable bonds is 5. The third-order valence-electron chi connectivity index (χ3n) is 5.21. The van der Waals surface area contributed by atoms with Crippen molar-refractivity contribution in [1.29, 1.82) is 0 Å². The molecule has 1 aromatic heterocycles. The van der Waals surface area contributed by atoms with Crippen molar-refractivity contribution in [3.8, 4) is 11.5 Å². The van der Waals surface area contributed by atoms with Crippen molar-refractivity contribution in [1.82, 2.24) is 8.87 Å². The van der Waals surface area contributed by atoms with E-state index in [4.69, 9.17) is 9.47 Å². The Morgan fingerprint density at radius 1 is 1.00 bits per heavy atom. The number of hydrogen-bond acceptors (Lipinski definition) is 4. The van der Waals surface area contributed by atoms with Crippen molar-refractivity contribution >= 4 is 10.0 Å². The number of sulfonamides is 1. The van der Waals surface area contributed by atoms with Gasteiger partial charge in [-0.15, -0.1) is 0 Å². The van der Waals surface area contributed by atoms with Crippen LogP contribution in [0.2, 0.25) is 0 Å². The summed E-state index contributed by atoms with van der Waals surface area (Å²) in [7, 11) is -1.36. The Morgan fingerprint density at radius 3 is 2.53 bits per heavy atom. The molecule has 9 heteroatoms. The summed E-state index contributed by atoms with van der Waals surface area (Å²) in [5, 5.41) is 0. The third-order valence-corrected chi connectivity index (χ3v) is 7.09. The lowest BCUT2D eigenvalue weighted by molar-refractivity contribution is 0.289. The zero-order chi connectivity index (χ0) is 21.5. The molecule has 2 aromatic carbocycles. The summed E-state index contributed by atoms with van der Waals surface area (Å²) in [5.41, 5.74) is 1.27. The molecule has 158 valence electrons. The standard InChI is InChI=1S/C21H20F2N2O4S/c1-28-15-6-7-16(19(13-15)29-2)21-18-4-3-9-24(18)10-11-25(21)30(26,27)20-12-14(22)5-8-17(20)23/h3-9,12-13,21H,10-11H2,1-2H3. The van der Waals surface area contributed by atoms with E-state index in [1.54, 1.807) is 24.3 Å². The van der Waals surface area contributed by atoms with Gasteiger partial charge in [0.1, 0.15) is 28.0 Å². The summed E-state index contributed by atoms with van der Waals surface area (Å²) >= 11 is 0. The van der Waals surface area contributed by atoms with Gasteiger partial charge >= 0.3 is 0 Å². The highest BCUT2D eigenvalue weighted by Crippen LogP contribution is 2.41. The summed E-state index contributed by atoms with van der Waals surface area (Å²) in [6.45, 7) is 0.466. The van der Waals surface area contributed by atoms with Gasteiger partial charge in [-0.3, -0.25) is 0 Å². The molecule has 0 spiro atoms. The normalized spacial score (nSPS) is 16.9. The Balaban J connectivity index is 1.91. The number of ether oxygens (including phenoxy) is 2. The van der Waals surface area contributed by atoms with Gasteiger partial charge in [0.2, 0.25) is 10.0 Å². The van der Waals surface area contributed by atoms with Gasteiger partial charge in [0, 0.05) is 36.6 Å². The number of benzene rings is 2. The number of nitrogens with zero attached hydrogens (tertiary/aromatic N) is 2. The van der Waals surface area contributed by atoms with Crippen LogP contribution in [-0.2, 0) is 16.6 Å². The summed E-state index contributed by atoms with van der Waals surface area (Å²) < 4.78 is 68.9. The average Bonchev–Trinajstić information content (AvgIpc) is 3.23. The highest BCUT2D eigenvalue weighted by molar-refractivity contribution is 7.89. The molecule has 1 aliphatic rings. The SMILES string of the molecule is COc1ccc(C2c3cccn3CCN2S(=O)(=O)c2cc(F)ccc2F)c(OC)c1. The molecule has 0 N–H and O–H groups in total. The van der Waals surface area contributed by atoms with Gasteiger partial charge in [-0.25, -0.2) is 17.2 Å². The fraction of sp³-hybridized carbons (Fsp3) is 0.238. The van der Waals surface area contributed by atoms with E-state index in [1.807, 2.05) is 16.8 Å². The monoisotopic (exact) mass is 434 g/mol. The Hall–Kier alpha value is -2.91. The molecule has 0 radical (unpaired) electrons. The zero-order valence-corrected chi connectivity index (χ0v) is 17.2. The van der Waals surface area contributed by atoms with Crippen LogP contribution in [0.1, 0.15) is 17.3 Å². The summed E-state index contributed by atoms with van der Waals surface area (Å²) in [5.74, 6) is -0.854. The number of hydrogen-bond donors (Lipinski definition) is 0. The van der Waals surface area contributed by atoms with Crippen molar-refractivity contribution < 1.29 is 26.7 Å². The van der Waals surface area contributed by atoms with E-state index in [1.165, 1.54) is 18.5 Å². The fourth-order valence-electron chi connectivity index (χ4n) is 3.78. The highest BCUT2D eigenvalue weighted by Gasteiger charge is 2.40. The molecule has 3 aromatic rings. The second-order valence-electron chi connectivity index (χ2n) is 6.83. The van der Waals surface area contributed by atoms with Crippen LogP contribution in [0, 0.1) is 11.6 Å². The number of aromatic nitrogens is 1. The van der Waals surface area contributed by atoms with Crippen molar-refractivity contribution in [3.63, 3.8) is 0 Å². The summed E-state index contributed by atoms with van der Waals surface area (Å²) in [6.07, 6.45) is 1.85. The van der Waals surface area contributed by atoms with E-state index in [-0.39, 0.29) is 6.54 Å². The van der Waals surface area contributed by atoms with Gasteiger partial charge in [0.15, 0.2) is 0 Å². The number of halogens is 2. The van der Waals surface area contributed by atoms with Crippen molar-refractivity contribution in [2.45, 2.75) is 17.5 Å². The van der Waals surface area contributed by atoms with Crippen LogP contribution < -0.4 is 9.47 Å². The molecule has 1 aliphatic heterocycles. The quantitative estimate of drug-likeness (QED) is 0.616. The maximum absolute atomic E-state index is 14.4. The minimum atomic E-state index is -4.36. The first kappa shape index (κ1) is 20.4. The Morgan fingerprint density at radius 2 is 1.80 bits per heavy atom. The van der Waals surface area contributed by atoms with Crippen LogP contribution >= 0.6 is 0 Å². The van der Waals surface area contributed by atoms with E-state index < -0.39 is 32.6 Å². The molecule has 0 saturated carbocycles. The lowest BCUT2D eigenvalue weighted by Crippen LogP contribution is -2.42. The Labute approximate surface area is 173 Å². The second-order valence-corrected chi connectivity index (χ2v) is 8.69. The van der Waals surface area contributed by atoms with Crippen LogP contribution in [0.25, 0.3) is 0 Å². The minimum Gasteiger partial charge on any atom is -0.497 e. The molecular weight excluding hydrogens is 414 g/mol. The topological polar surface area (TPSA) is 60.8 Å². The van der Waals surface area contributed by atoms with Gasteiger partial charge in [-0.05, 0) is 42.5 Å². The maximum atomic E-state index is 14.4. The molecule has 0 fully saturated rings. The van der Waals surface area contributed by atoms with Gasteiger partial charge in [0.25, 0.3) is 0 Å². The predicted molar refractivity (Wildman–Crippen MR) is 106 cm³/mol. The summed E-state index contributed by atoms with van der Waals surface area (Å²) in [6, 6.07) is 10.3. The molecule has 1 atom stereocenters. The van der Waals surface area contributed by atoms with Crippen LogP contribution in [0.4, 0.5) is 8.78 Å². The minimum absolute atomic E-state index is 0.0832. The average molecular weight is 434 g/mol. The lowest BCUT2D eigenvalue weighted by Gasteiger charge is -2.37. The molecule has 30 heavy (non-hydrogen) atoms. The van der Waals surface area contributed by atoms with Crippen LogP contribution in [0.5, 0.6) is 11.5 Å². The Bertz CT molecular complexity index is 1190. The van der Waals surface area contributed by atoms with Crippen LogP contribution in [0.15, 0.2) is 59.6 Å². The van der Waals surface area contributed by atoms with Crippen molar-refractivity contribution in [3.05, 3.63) is 77.6 Å². The number of methoxy groups -OCH3 is 2. The third kappa shape index (κ3) is 3.33. The first-order valence-corrected chi connectivity index (χ1v) is 10.6. The maximum Gasteiger partial charge on any atom is 0.247 e. The number of fused-ring (bicyclic) bond motifs is 1. The van der Waals surface area contributed by atoms with Crippen molar-refractivity contribution in [2.24, 2.45) is 0 Å². The molecule has 4 rings (SSSR count). The second kappa shape index (κ2) is 7.73. The molecule has 0 saturated heterocycles. The van der Waals surface area contributed by atoms with E-state index >= 15 is 0 Å². The van der Waals surface area contributed by atoms with Crippen LogP contribution in [0.3, 0.4) is 0 Å². The largest absolute Gasteiger partial charge is 0.497 e. The van der Waals surface area contributed by atoms with Gasteiger partial charge in [0.05, 0.1) is 20.3 Å². The predicted octanol–water partition coefficient (Wildman–Crippen LogP) is 3.58. The fourth-order valence-corrected chi connectivity index (χ4v) is 5.43.